The van der Waals surface area contributed by atoms with Gasteiger partial charge in [0.15, 0.2) is 0 Å². The van der Waals surface area contributed by atoms with E-state index >= 15 is 0 Å². The maximum absolute atomic E-state index is 11.6. The third-order valence-electron chi connectivity index (χ3n) is 2.16. The molecular weight excluding hydrogens is 214 g/mol. The van der Waals surface area contributed by atoms with Crippen LogP contribution in [0.5, 0.6) is 0 Å². The smallest absolute Gasteiger partial charge is 0.244 e. The topological polar surface area (TPSA) is 54.0 Å². The molecule has 0 aliphatic carbocycles. The lowest BCUT2D eigenvalue weighted by Crippen LogP contribution is -2.22. The maximum Gasteiger partial charge on any atom is 0.244 e. The first-order valence-electron chi connectivity index (χ1n) is 5.34. The van der Waals surface area contributed by atoms with Gasteiger partial charge in [0.1, 0.15) is 5.82 Å². The van der Waals surface area contributed by atoms with Crippen molar-refractivity contribution < 1.29 is 4.79 Å². The molecule has 2 aromatic rings. The molecule has 1 heterocycles. The van der Waals surface area contributed by atoms with Crippen LogP contribution in [-0.4, -0.2) is 17.4 Å². The third kappa shape index (κ3) is 3.61. The zero-order valence-electron chi connectivity index (χ0n) is 9.26. The number of amides is 1. The normalized spacial score (nSPS) is 9.65. The Hall–Kier alpha value is -2.36. The fourth-order valence-corrected chi connectivity index (χ4v) is 1.36. The van der Waals surface area contributed by atoms with E-state index in [2.05, 4.69) is 15.6 Å². The number of para-hydroxylation sites is 1. The molecule has 4 nitrogen and oxygen atoms in total. The van der Waals surface area contributed by atoms with Crippen molar-refractivity contribution >= 4 is 17.4 Å². The zero-order chi connectivity index (χ0) is 11.9. The highest BCUT2D eigenvalue weighted by Gasteiger charge is 2.01. The Morgan fingerprint density at radius 3 is 2.53 bits per heavy atom. The van der Waals surface area contributed by atoms with Crippen molar-refractivity contribution in [2.24, 2.45) is 0 Å². The Kier molecular flexibility index (Phi) is 3.70. The molecule has 2 rings (SSSR count). The fourth-order valence-electron chi connectivity index (χ4n) is 1.36. The molecule has 0 spiro atoms. The Bertz CT molecular complexity index is 471. The fraction of sp³-hybridized carbons (Fsp3) is 0.0769. The van der Waals surface area contributed by atoms with Gasteiger partial charge in [-0.1, -0.05) is 24.3 Å². The van der Waals surface area contributed by atoms with Gasteiger partial charge in [-0.15, -0.1) is 0 Å². The molecule has 0 saturated carbocycles. The molecule has 0 atom stereocenters. The van der Waals surface area contributed by atoms with Gasteiger partial charge in [0, 0.05) is 11.9 Å². The SMILES string of the molecule is O=C(CNc1ccccc1)Nc1ccccn1. The highest BCUT2D eigenvalue weighted by molar-refractivity contribution is 5.92. The number of carbonyl (C=O) groups excluding carboxylic acids is 1. The second kappa shape index (κ2) is 5.65. The number of aromatic nitrogens is 1. The van der Waals surface area contributed by atoms with Crippen molar-refractivity contribution in [2.45, 2.75) is 0 Å². The highest BCUT2D eigenvalue weighted by atomic mass is 16.1. The molecule has 0 aliphatic heterocycles. The van der Waals surface area contributed by atoms with Crippen LogP contribution in [0.4, 0.5) is 11.5 Å². The van der Waals surface area contributed by atoms with Crippen LogP contribution in [0.25, 0.3) is 0 Å². The van der Waals surface area contributed by atoms with E-state index in [1.807, 2.05) is 36.4 Å². The molecule has 17 heavy (non-hydrogen) atoms. The predicted molar refractivity (Wildman–Crippen MR) is 67.8 cm³/mol. The zero-order valence-corrected chi connectivity index (χ0v) is 9.26. The summed E-state index contributed by atoms with van der Waals surface area (Å²) in [6.45, 7) is 0.223. The molecule has 2 N–H and O–H groups in total. The molecule has 4 heteroatoms. The van der Waals surface area contributed by atoms with E-state index < -0.39 is 0 Å². The summed E-state index contributed by atoms with van der Waals surface area (Å²) in [5.74, 6) is 0.444. The molecule has 0 bridgehead atoms. The van der Waals surface area contributed by atoms with Gasteiger partial charge >= 0.3 is 0 Å². The van der Waals surface area contributed by atoms with Crippen LogP contribution in [0, 0.1) is 0 Å². The van der Waals surface area contributed by atoms with Crippen molar-refractivity contribution in [3.05, 3.63) is 54.7 Å². The first-order chi connectivity index (χ1) is 8.34. The standard InChI is InChI=1S/C13H13N3O/c17-13(16-12-8-4-5-9-14-12)10-15-11-6-2-1-3-7-11/h1-9,15H,10H2,(H,14,16,17). The number of carbonyl (C=O) groups is 1. The number of pyridine rings is 1. The molecule has 86 valence electrons. The lowest BCUT2D eigenvalue weighted by atomic mass is 10.3. The lowest BCUT2D eigenvalue weighted by molar-refractivity contribution is -0.114. The number of hydrogen-bond acceptors (Lipinski definition) is 3. The average Bonchev–Trinajstić information content (AvgIpc) is 2.39. The summed E-state index contributed by atoms with van der Waals surface area (Å²) in [7, 11) is 0. The molecule has 1 amide bonds. The Labute approximate surface area is 99.7 Å². The summed E-state index contributed by atoms with van der Waals surface area (Å²) in [4.78, 5) is 15.6. The number of hydrogen-bond donors (Lipinski definition) is 2. The van der Waals surface area contributed by atoms with Gasteiger partial charge in [0.2, 0.25) is 5.91 Å². The molecular formula is C13H13N3O. The summed E-state index contributed by atoms with van der Waals surface area (Å²) < 4.78 is 0. The first-order valence-corrected chi connectivity index (χ1v) is 5.34. The molecule has 1 aromatic carbocycles. The second-order valence-electron chi connectivity index (χ2n) is 3.48. The number of anilines is 2. The Morgan fingerprint density at radius 2 is 1.82 bits per heavy atom. The number of nitrogens with zero attached hydrogens (tertiary/aromatic N) is 1. The quantitative estimate of drug-likeness (QED) is 0.841. The summed E-state index contributed by atoms with van der Waals surface area (Å²) >= 11 is 0. The van der Waals surface area contributed by atoms with Gasteiger partial charge in [-0.25, -0.2) is 4.98 Å². The van der Waals surface area contributed by atoms with Gasteiger partial charge in [0.05, 0.1) is 6.54 Å². The molecule has 0 radical (unpaired) electrons. The number of nitrogens with one attached hydrogen (secondary N) is 2. The molecule has 0 fully saturated rings. The van der Waals surface area contributed by atoms with E-state index in [1.165, 1.54) is 0 Å². The molecule has 1 aromatic heterocycles. The van der Waals surface area contributed by atoms with Gasteiger partial charge in [-0.3, -0.25) is 4.79 Å². The molecule has 0 unspecified atom stereocenters. The van der Waals surface area contributed by atoms with E-state index in [1.54, 1.807) is 18.3 Å². The summed E-state index contributed by atoms with van der Waals surface area (Å²) in [6.07, 6.45) is 1.64. The van der Waals surface area contributed by atoms with Crippen molar-refractivity contribution in [3.8, 4) is 0 Å². The van der Waals surface area contributed by atoms with Crippen molar-refractivity contribution in [3.63, 3.8) is 0 Å². The van der Waals surface area contributed by atoms with Gasteiger partial charge in [-0.2, -0.15) is 0 Å². The van der Waals surface area contributed by atoms with Gasteiger partial charge in [-0.05, 0) is 24.3 Å². The Morgan fingerprint density at radius 1 is 1.06 bits per heavy atom. The highest BCUT2D eigenvalue weighted by Crippen LogP contribution is 2.04. The number of benzene rings is 1. The van der Waals surface area contributed by atoms with E-state index in [0.29, 0.717) is 5.82 Å². The van der Waals surface area contributed by atoms with Gasteiger partial charge in [0.25, 0.3) is 0 Å². The van der Waals surface area contributed by atoms with Crippen molar-refractivity contribution in [1.29, 1.82) is 0 Å². The number of rotatable bonds is 4. The van der Waals surface area contributed by atoms with Crippen LogP contribution < -0.4 is 10.6 Å². The molecule has 0 aliphatic rings. The van der Waals surface area contributed by atoms with Crippen LogP contribution in [0.1, 0.15) is 0 Å². The van der Waals surface area contributed by atoms with Crippen LogP contribution in [0.3, 0.4) is 0 Å². The summed E-state index contributed by atoms with van der Waals surface area (Å²) in [5, 5.41) is 5.72. The first kappa shape index (κ1) is 11.1. The second-order valence-corrected chi connectivity index (χ2v) is 3.48. The minimum absolute atomic E-state index is 0.118. The van der Waals surface area contributed by atoms with Gasteiger partial charge < -0.3 is 10.6 Å². The van der Waals surface area contributed by atoms with Crippen LogP contribution >= 0.6 is 0 Å². The summed E-state index contributed by atoms with van der Waals surface area (Å²) in [6, 6.07) is 15.0. The summed E-state index contributed by atoms with van der Waals surface area (Å²) in [5.41, 5.74) is 0.920. The minimum Gasteiger partial charge on any atom is -0.376 e. The molecule has 0 saturated heterocycles. The minimum atomic E-state index is -0.118. The van der Waals surface area contributed by atoms with Crippen molar-refractivity contribution in [1.82, 2.24) is 4.98 Å². The monoisotopic (exact) mass is 227 g/mol. The Balaban J connectivity index is 1.83. The van der Waals surface area contributed by atoms with E-state index in [0.717, 1.165) is 5.69 Å². The van der Waals surface area contributed by atoms with Crippen LogP contribution in [0.2, 0.25) is 0 Å². The largest absolute Gasteiger partial charge is 0.376 e. The van der Waals surface area contributed by atoms with E-state index in [9.17, 15) is 4.79 Å². The van der Waals surface area contributed by atoms with Crippen LogP contribution in [0.15, 0.2) is 54.7 Å². The third-order valence-corrected chi connectivity index (χ3v) is 2.16. The van der Waals surface area contributed by atoms with E-state index in [4.69, 9.17) is 0 Å². The van der Waals surface area contributed by atoms with Crippen LogP contribution in [-0.2, 0) is 4.79 Å². The average molecular weight is 227 g/mol. The van der Waals surface area contributed by atoms with E-state index in [-0.39, 0.29) is 12.5 Å². The van der Waals surface area contributed by atoms with Crippen molar-refractivity contribution in [2.75, 3.05) is 17.2 Å². The maximum atomic E-state index is 11.6. The lowest BCUT2D eigenvalue weighted by Gasteiger charge is -2.06. The predicted octanol–water partition coefficient (Wildman–Crippen LogP) is 2.13.